The molecule has 1 heterocycles. The summed E-state index contributed by atoms with van der Waals surface area (Å²) >= 11 is 5.48. The van der Waals surface area contributed by atoms with Crippen LogP contribution < -0.4 is 0 Å². The molecule has 44 valence electrons. The lowest BCUT2D eigenvalue weighted by atomic mass is 10.6. The predicted octanol–water partition coefficient (Wildman–Crippen LogP) is 0.579. The number of carbonyl (C=O) groups excluding carboxylic acids is 1. The van der Waals surface area contributed by atoms with E-state index in [9.17, 15) is 4.79 Å². The molecule has 1 fully saturated rings. The molecule has 0 aromatic carbocycles. The molecule has 1 saturated heterocycles. The van der Waals surface area contributed by atoms with Crippen molar-refractivity contribution in [1.29, 1.82) is 0 Å². The molecule has 1 aliphatic heterocycles. The van der Waals surface area contributed by atoms with Gasteiger partial charge in [0.15, 0.2) is 0 Å². The number of hydrogen-bond donors (Lipinski definition) is 0. The Hall–Kier alpha value is -0.500. The van der Waals surface area contributed by atoms with Crippen molar-refractivity contribution >= 4 is 17.5 Å². The maximum absolute atomic E-state index is 10.5. The highest BCUT2D eigenvalue weighted by Crippen LogP contribution is 2.20. The fourth-order valence-electron chi connectivity index (χ4n) is 0.460. The lowest BCUT2D eigenvalue weighted by Crippen LogP contribution is -2.06. The molecular formula is C5H6ClNO. The summed E-state index contributed by atoms with van der Waals surface area (Å²) in [7, 11) is 0. The molecule has 0 N–H and O–H groups in total. The standard InChI is InChI=1S/C5H6ClNO/c1-2-5(8)7-3-4(7)6/h2,4H,1,3H2. The molecule has 0 radical (unpaired) electrons. The van der Waals surface area contributed by atoms with Crippen LogP contribution >= 0.6 is 11.6 Å². The van der Waals surface area contributed by atoms with E-state index in [4.69, 9.17) is 11.6 Å². The first-order valence-electron chi connectivity index (χ1n) is 2.33. The van der Waals surface area contributed by atoms with Crippen LogP contribution in [0.3, 0.4) is 0 Å². The zero-order valence-electron chi connectivity index (χ0n) is 4.30. The second-order valence-electron chi connectivity index (χ2n) is 1.63. The fraction of sp³-hybridized carbons (Fsp3) is 0.400. The Balaban J connectivity index is 2.39. The molecule has 0 spiro atoms. The van der Waals surface area contributed by atoms with Crippen LogP contribution in [0.2, 0.25) is 0 Å². The molecule has 0 aliphatic carbocycles. The third-order valence-corrected chi connectivity index (χ3v) is 1.38. The van der Waals surface area contributed by atoms with Gasteiger partial charge >= 0.3 is 0 Å². The number of halogens is 1. The maximum atomic E-state index is 10.5. The number of amides is 1. The van der Waals surface area contributed by atoms with Gasteiger partial charge in [0, 0.05) is 0 Å². The van der Waals surface area contributed by atoms with Gasteiger partial charge in [-0.25, -0.2) is 0 Å². The number of hydrogen-bond acceptors (Lipinski definition) is 1. The van der Waals surface area contributed by atoms with Gasteiger partial charge in [-0.1, -0.05) is 18.2 Å². The van der Waals surface area contributed by atoms with E-state index in [1.165, 1.54) is 11.0 Å². The summed E-state index contributed by atoms with van der Waals surface area (Å²) in [6.07, 6.45) is 1.27. The summed E-state index contributed by atoms with van der Waals surface area (Å²) in [6.45, 7) is 3.98. The van der Waals surface area contributed by atoms with Crippen LogP contribution in [0.4, 0.5) is 0 Å². The molecule has 1 rings (SSSR count). The Morgan fingerprint density at radius 1 is 2.00 bits per heavy atom. The average molecular weight is 132 g/mol. The highest BCUT2D eigenvalue weighted by Gasteiger charge is 2.34. The second-order valence-corrected chi connectivity index (χ2v) is 2.13. The van der Waals surface area contributed by atoms with Gasteiger partial charge in [0.05, 0.1) is 6.54 Å². The predicted molar refractivity (Wildman–Crippen MR) is 31.6 cm³/mol. The summed E-state index contributed by atoms with van der Waals surface area (Å²) in [4.78, 5) is 12.0. The highest BCUT2D eigenvalue weighted by molar-refractivity contribution is 6.24. The van der Waals surface area contributed by atoms with Crippen molar-refractivity contribution in [3.8, 4) is 0 Å². The molecule has 3 heteroatoms. The highest BCUT2D eigenvalue weighted by atomic mass is 35.5. The molecular weight excluding hydrogens is 126 g/mol. The number of rotatable bonds is 1. The molecule has 0 saturated carbocycles. The van der Waals surface area contributed by atoms with E-state index in [0.717, 1.165) is 0 Å². The Kier molecular flexibility index (Phi) is 1.26. The van der Waals surface area contributed by atoms with E-state index in [1.807, 2.05) is 0 Å². The largest absolute Gasteiger partial charge is 0.318 e. The van der Waals surface area contributed by atoms with E-state index >= 15 is 0 Å². The Labute approximate surface area is 52.7 Å². The average Bonchev–Trinajstić information content (AvgIpc) is 2.45. The van der Waals surface area contributed by atoms with Crippen LogP contribution in [0.25, 0.3) is 0 Å². The lowest BCUT2D eigenvalue weighted by Gasteiger charge is -1.90. The maximum Gasteiger partial charge on any atom is 0.247 e. The Morgan fingerprint density at radius 3 is 2.62 bits per heavy atom. The van der Waals surface area contributed by atoms with E-state index in [2.05, 4.69) is 6.58 Å². The molecule has 1 unspecified atom stereocenters. The molecule has 1 atom stereocenters. The van der Waals surface area contributed by atoms with Crippen molar-refractivity contribution < 1.29 is 4.79 Å². The summed E-state index contributed by atoms with van der Waals surface area (Å²) in [5.41, 5.74) is -0.0690. The monoisotopic (exact) mass is 131 g/mol. The molecule has 2 nitrogen and oxygen atoms in total. The van der Waals surface area contributed by atoms with Gasteiger partial charge in [-0.15, -0.1) is 0 Å². The van der Waals surface area contributed by atoms with Crippen molar-refractivity contribution in [3.05, 3.63) is 12.7 Å². The van der Waals surface area contributed by atoms with Crippen molar-refractivity contribution in [3.63, 3.8) is 0 Å². The number of alkyl halides is 1. The summed E-state index contributed by atoms with van der Waals surface area (Å²) in [6, 6.07) is 0. The third kappa shape index (κ3) is 0.842. The van der Waals surface area contributed by atoms with Crippen LogP contribution in [-0.4, -0.2) is 22.9 Å². The smallest absolute Gasteiger partial charge is 0.247 e. The quantitative estimate of drug-likeness (QED) is 0.221. The van der Waals surface area contributed by atoms with Crippen molar-refractivity contribution in [2.75, 3.05) is 6.54 Å². The Morgan fingerprint density at radius 2 is 2.50 bits per heavy atom. The zero-order valence-corrected chi connectivity index (χ0v) is 5.06. The van der Waals surface area contributed by atoms with Gasteiger partial charge in [0.25, 0.3) is 0 Å². The van der Waals surface area contributed by atoms with E-state index in [-0.39, 0.29) is 11.4 Å². The van der Waals surface area contributed by atoms with Crippen LogP contribution in [-0.2, 0) is 4.79 Å². The fourth-order valence-corrected chi connectivity index (χ4v) is 0.705. The molecule has 1 amide bonds. The van der Waals surface area contributed by atoms with E-state index in [1.54, 1.807) is 0 Å². The molecule has 0 aromatic rings. The summed E-state index contributed by atoms with van der Waals surface area (Å²) in [5.74, 6) is -0.0787. The topological polar surface area (TPSA) is 20.1 Å². The lowest BCUT2D eigenvalue weighted by molar-refractivity contribution is -0.120. The van der Waals surface area contributed by atoms with Gasteiger partial charge in [-0.3, -0.25) is 4.79 Å². The van der Waals surface area contributed by atoms with Gasteiger partial charge in [-0.2, -0.15) is 0 Å². The minimum Gasteiger partial charge on any atom is -0.318 e. The van der Waals surface area contributed by atoms with Gasteiger partial charge in [0.1, 0.15) is 5.50 Å². The minimum absolute atomic E-state index is 0.0690. The van der Waals surface area contributed by atoms with Gasteiger partial charge in [0.2, 0.25) is 5.91 Å². The second kappa shape index (κ2) is 1.78. The molecule has 0 bridgehead atoms. The normalized spacial score (nSPS) is 25.1. The minimum atomic E-state index is -0.0787. The number of nitrogens with zero attached hydrogens (tertiary/aromatic N) is 1. The molecule has 1 aliphatic rings. The number of carbonyl (C=O) groups is 1. The van der Waals surface area contributed by atoms with Crippen LogP contribution in [0.15, 0.2) is 12.7 Å². The van der Waals surface area contributed by atoms with Gasteiger partial charge < -0.3 is 4.90 Å². The van der Waals surface area contributed by atoms with E-state index < -0.39 is 0 Å². The first-order chi connectivity index (χ1) is 3.75. The van der Waals surface area contributed by atoms with Crippen LogP contribution in [0, 0.1) is 0 Å². The van der Waals surface area contributed by atoms with Gasteiger partial charge in [-0.05, 0) is 6.08 Å². The zero-order chi connectivity index (χ0) is 6.15. The molecule has 0 aromatic heterocycles. The third-order valence-electron chi connectivity index (χ3n) is 1.01. The first kappa shape index (κ1) is 5.63. The molecule has 8 heavy (non-hydrogen) atoms. The summed E-state index contributed by atoms with van der Waals surface area (Å²) in [5, 5.41) is 0. The van der Waals surface area contributed by atoms with Crippen molar-refractivity contribution in [2.45, 2.75) is 5.50 Å². The van der Waals surface area contributed by atoms with Crippen LogP contribution in [0.5, 0.6) is 0 Å². The summed E-state index contributed by atoms with van der Waals surface area (Å²) < 4.78 is 0. The van der Waals surface area contributed by atoms with Crippen molar-refractivity contribution in [1.82, 2.24) is 4.90 Å². The van der Waals surface area contributed by atoms with E-state index in [0.29, 0.717) is 6.54 Å². The first-order valence-corrected chi connectivity index (χ1v) is 2.76. The Bertz CT molecular complexity index is 134. The van der Waals surface area contributed by atoms with Crippen molar-refractivity contribution in [2.24, 2.45) is 0 Å². The van der Waals surface area contributed by atoms with Crippen LogP contribution in [0.1, 0.15) is 0 Å². The SMILES string of the molecule is C=CC(=O)N1CC1Cl.